The van der Waals surface area contributed by atoms with E-state index in [1.807, 2.05) is 0 Å². The van der Waals surface area contributed by atoms with E-state index in [0.29, 0.717) is 34.7 Å². The normalized spacial score (nSPS) is 10.7. The van der Waals surface area contributed by atoms with E-state index in [4.69, 9.17) is 10.5 Å². The number of carbonyl (C=O) groups is 1. The van der Waals surface area contributed by atoms with Crippen molar-refractivity contribution in [3.05, 3.63) is 23.5 Å². The predicted molar refractivity (Wildman–Crippen MR) is 62.6 cm³/mol. The monoisotopic (exact) mass is 235 g/mol. The minimum absolute atomic E-state index is 0.342. The number of hydrogen-bond acceptors (Lipinski definition) is 5. The van der Waals surface area contributed by atoms with Crippen molar-refractivity contribution in [2.24, 2.45) is 0 Å². The molecule has 0 spiro atoms. The van der Waals surface area contributed by atoms with Gasteiger partial charge < -0.3 is 20.2 Å². The number of H-pyrrole nitrogens is 1. The quantitative estimate of drug-likeness (QED) is 0.613. The highest BCUT2D eigenvalue weighted by Crippen LogP contribution is 2.21. The Labute approximate surface area is 97.7 Å². The van der Waals surface area contributed by atoms with Crippen LogP contribution in [0.1, 0.15) is 16.2 Å². The van der Waals surface area contributed by atoms with Crippen molar-refractivity contribution >= 4 is 22.7 Å². The molecule has 0 fully saturated rings. The number of nitrogens with two attached hydrogens (primary N) is 1. The summed E-state index contributed by atoms with van der Waals surface area (Å²) in [5.41, 5.74) is 7.77. The molecule has 0 radical (unpaired) electrons. The molecule has 0 aliphatic carbocycles. The molecule has 6 nitrogen and oxygen atoms in total. The molecule has 0 aliphatic rings. The molecular formula is C11H13N3O3. The summed E-state index contributed by atoms with van der Waals surface area (Å²) in [5.74, 6) is 0.177. The Morgan fingerprint density at radius 3 is 2.88 bits per heavy atom. The van der Waals surface area contributed by atoms with Gasteiger partial charge in [0.25, 0.3) is 0 Å². The highest BCUT2D eigenvalue weighted by Gasteiger charge is 2.15. The molecule has 3 N–H and O–H groups in total. The number of aromatic nitrogens is 2. The van der Waals surface area contributed by atoms with Gasteiger partial charge in [-0.15, -0.1) is 0 Å². The number of carbonyl (C=O) groups excluding carboxylic acids is 1. The van der Waals surface area contributed by atoms with E-state index in [-0.39, 0.29) is 0 Å². The third-order valence-electron chi connectivity index (χ3n) is 2.34. The van der Waals surface area contributed by atoms with Crippen LogP contribution in [0.5, 0.6) is 0 Å². The summed E-state index contributed by atoms with van der Waals surface area (Å²) in [4.78, 5) is 18.9. The number of anilines is 1. The fourth-order valence-electron chi connectivity index (χ4n) is 1.66. The van der Waals surface area contributed by atoms with Gasteiger partial charge in [0, 0.05) is 12.8 Å². The Morgan fingerprint density at radius 1 is 1.47 bits per heavy atom. The molecule has 1 aromatic carbocycles. The molecule has 0 saturated heterocycles. The first-order chi connectivity index (χ1) is 8.15. The minimum Gasteiger partial charge on any atom is -0.465 e. The van der Waals surface area contributed by atoms with E-state index in [9.17, 15) is 4.79 Å². The predicted octanol–water partition coefficient (Wildman–Crippen LogP) is 1.08. The molecule has 0 unspecified atom stereocenters. The number of hydrogen-bond donors (Lipinski definition) is 2. The molecule has 2 rings (SSSR count). The van der Waals surface area contributed by atoms with E-state index in [1.54, 1.807) is 19.2 Å². The molecule has 17 heavy (non-hydrogen) atoms. The van der Waals surface area contributed by atoms with Crippen LogP contribution in [0.15, 0.2) is 12.1 Å². The van der Waals surface area contributed by atoms with E-state index in [1.165, 1.54) is 7.11 Å². The maximum Gasteiger partial charge on any atom is 0.340 e. The van der Waals surface area contributed by atoms with Crippen molar-refractivity contribution in [2.45, 2.75) is 6.61 Å². The molecule has 0 atom stereocenters. The number of rotatable bonds is 3. The highest BCUT2D eigenvalue weighted by atomic mass is 16.5. The average Bonchev–Trinajstić information content (AvgIpc) is 2.69. The first-order valence-corrected chi connectivity index (χ1v) is 5.01. The van der Waals surface area contributed by atoms with Crippen LogP contribution in [0.2, 0.25) is 0 Å². The Bertz CT molecular complexity index is 562. The van der Waals surface area contributed by atoms with Gasteiger partial charge in [0.05, 0.1) is 18.2 Å². The van der Waals surface area contributed by atoms with Crippen molar-refractivity contribution in [1.29, 1.82) is 0 Å². The first kappa shape index (κ1) is 11.4. The summed E-state index contributed by atoms with van der Waals surface area (Å²) in [6.45, 7) is 0.342. The van der Waals surface area contributed by atoms with E-state index >= 15 is 0 Å². The number of imidazole rings is 1. The lowest BCUT2D eigenvalue weighted by atomic mass is 10.1. The van der Waals surface area contributed by atoms with Gasteiger partial charge in [-0.05, 0) is 12.1 Å². The summed E-state index contributed by atoms with van der Waals surface area (Å²) < 4.78 is 9.66. The Balaban J connectivity index is 2.61. The smallest absolute Gasteiger partial charge is 0.340 e. The molecule has 0 amide bonds. The molecule has 1 aromatic heterocycles. The molecular weight excluding hydrogens is 222 g/mol. The summed E-state index contributed by atoms with van der Waals surface area (Å²) >= 11 is 0. The number of benzene rings is 1. The topological polar surface area (TPSA) is 90.2 Å². The van der Waals surface area contributed by atoms with Crippen molar-refractivity contribution < 1.29 is 14.3 Å². The third-order valence-corrected chi connectivity index (χ3v) is 2.34. The maximum absolute atomic E-state index is 11.6. The minimum atomic E-state index is -0.460. The van der Waals surface area contributed by atoms with Gasteiger partial charge in [0.1, 0.15) is 17.9 Å². The van der Waals surface area contributed by atoms with Crippen LogP contribution in [0.4, 0.5) is 5.69 Å². The van der Waals surface area contributed by atoms with Gasteiger partial charge in [0.15, 0.2) is 0 Å². The van der Waals surface area contributed by atoms with E-state index in [0.717, 1.165) is 0 Å². The molecule has 0 bridgehead atoms. The second kappa shape index (κ2) is 4.42. The van der Waals surface area contributed by atoms with Crippen molar-refractivity contribution in [1.82, 2.24) is 9.97 Å². The van der Waals surface area contributed by atoms with Crippen molar-refractivity contribution in [3.8, 4) is 0 Å². The van der Waals surface area contributed by atoms with Gasteiger partial charge in [0.2, 0.25) is 0 Å². The van der Waals surface area contributed by atoms with Crippen LogP contribution in [0.25, 0.3) is 11.0 Å². The number of fused-ring (bicyclic) bond motifs is 1. The summed E-state index contributed by atoms with van der Waals surface area (Å²) in [5, 5.41) is 0. The Hall–Kier alpha value is -2.08. The number of methoxy groups -OCH3 is 2. The number of nitrogens with one attached hydrogen (secondary N) is 1. The zero-order valence-electron chi connectivity index (χ0n) is 9.61. The van der Waals surface area contributed by atoms with Crippen molar-refractivity contribution in [3.63, 3.8) is 0 Å². The maximum atomic E-state index is 11.6. The SMILES string of the molecule is COCc1nc2c(C(=O)OC)cc(N)cc2[nH]1. The number of nitrogens with zero attached hydrogens (tertiary/aromatic N) is 1. The van der Waals surface area contributed by atoms with Crippen molar-refractivity contribution in [2.75, 3.05) is 20.0 Å². The third kappa shape index (κ3) is 2.07. The van der Waals surface area contributed by atoms with Gasteiger partial charge in [-0.2, -0.15) is 0 Å². The fourth-order valence-corrected chi connectivity index (χ4v) is 1.66. The van der Waals surface area contributed by atoms with Crippen LogP contribution in [-0.2, 0) is 16.1 Å². The number of ether oxygens (including phenoxy) is 2. The lowest BCUT2D eigenvalue weighted by Gasteiger charge is -2.01. The van der Waals surface area contributed by atoms with Crippen LogP contribution in [0.3, 0.4) is 0 Å². The Kier molecular flexibility index (Phi) is 2.97. The second-order valence-corrected chi connectivity index (χ2v) is 3.57. The number of nitrogen functional groups attached to an aromatic ring is 1. The van der Waals surface area contributed by atoms with E-state index in [2.05, 4.69) is 14.7 Å². The van der Waals surface area contributed by atoms with Gasteiger partial charge in [-0.3, -0.25) is 0 Å². The van der Waals surface area contributed by atoms with Crippen LogP contribution in [-0.4, -0.2) is 30.2 Å². The number of aromatic amines is 1. The van der Waals surface area contributed by atoms with Crippen LogP contribution in [0, 0.1) is 0 Å². The first-order valence-electron chi connectivity index (χ1n) is 5.01. The molecule has 0 saturated carbocycles. The zero-order chi connectivity index (χ0) is 12.4. The summed E-state index contributed by atoms with van der Waals surface area (Å²) in [6, 6.07) is 3.26. The molecule has 0 aliphatic heterocycles. The fraction of sp³-hybridized carbons (Fsp3) is 0.273. The molecule has 90 valence electrons. The van der Waals surface area contributed by atoms with Gasteiger partial charge in [-0.25, -0.2) is 9.78 Å². The van der Waals surface area contributed by atoms with E-state index < -0.39 is 5.97 Å². The lowest BCUT2D eigenvalue weighted by Crippen LogP contribution is -2.03. The highest BCUT2D eigenvalue weighted by molar-refractivity contribution is 6.03. The molecule has 6 heteroatoms. The van der Waals surface area contributed by atoms with Crippen LogP contribution < -0.4 is 5.73 Å². The Morgan fingerprint density at radius 2 is 2.24 bits per heavy atom. The van der Waals surface area contributed by atoms with Gasteiger partial charge >= 0.3 is 5.97 Å². The molecule has 2 aromatic rings. The largest absolute Gasteiger partial charge is 0.465 e. The van der Waals surface area contributed by atoms with Gasteiger partial charge in [-0.1, -0.05) is 0 Å². The summed E-state index contributed by atoms with van der Waals surface area (Å²) in [7, 11) is 2.89. The standard InChI is InChI=1S/C11H13N3O3/c1-16-5-9-13-8-4-6(12)3-7(10(8)14-9)11(15)17-2/h3-4H,5,12H2,1-2H3,(H,13,14). The zero-order valence-corrected chi connectivity index (χ0v) is 9.61. The average molecular weight is 235 g/mol. The lowest BCUT2D eigenvalue weighted by molar-refractivity contribution is 0.0603. The molecule has 1 heterocycles. The van der Waals surface area contributed by atoms with Crippen LogP contribution >= 0.6 is 0 Å². The second-order valence-electron chi connectivity index (χ2n) is 3.57. The summed E-state index contributed by atoms with van der Waals surface area (Å²) in [6.07, 6.45) is 0. The number of esters is 1.